The Kier molecular flexibility index (Phi) is 3.10. The number of hydrogen-bond donors (Lipinski definition) is 0. The molecule has 4 heteroatoms. The van der Waals surface area contributed by atoms with Gasteiger partial charge in [-0.1, -0.05) is 6.07 Å². The molecule has 0 aromatic heterocycles. The molecule has 1 heterocycles. The molecule has 0 atom stereocenters. The first-order valence-electron chi connectivity index (χ1n) is 5.23. The monoisotopic (exact) mass is 221 g/mol. The Morgan fingerprint density at radius 2 is 2.31 bits per heavy atom. The Bertz CT molecular complexity index is 403. The third-order valence-corrected chi connectivity index (χ3v) is 2.66. The highest BCUT2D eigenvalue weighted by Gasteiger charge is 2.15. The number of nitrogens with zero attached hydrogens (tertiary/aromatic N) is 1. The van der Waals surface area contributed by atoms with Gasteiger partial charge in [0, 0.05) is 18.7 Å². The zero-order valence-electron chi connectivity index (χ0n) is 9.53. The van der Waals surface area contributed by atoms with Crippen LogP contribution in [0.15, 0.2) is 18.2 Å². The lowest BCUT2D eigenvalue weighted by atomic mass is 10.1. The molecule has 16 heavy (non-hydrogen) atoms. The maximum absolute atomic E-state index is 11.4. The SMILES string of the molecule is COC(=O)c1ccc2c(c1)OCCN(C)C2. The van der Waals surface area contributed by atoms with Crippen LogP contribution in [0.2, 0.25) is 0 Å². The van der Waals surface area contributed by atoms with Gasteiger partial charge in [-0.05, 0) is 19.2 Å². The summed E-state index contributed by atoms with van der Waals surface area (Å²) in [5, 5.41) is 0. The summed E-state index contributed by atoms with van der Waals surface area (Å²) in [4.78, 5) is 13.5. The highest BCUT2D eigenvalue weighted by atomic mass is 16.5. The fourth-order valence-corrected chi connectivity index (χ4v) is 1.75. The second kappa shape index (κ2) is 4.53. The number of fused-ring (bicyclic) bond motifs is 1. The lowest BCUT2D eigenvalue weighted by Crippen LogP contribution is -2.20. The molecule has 0 aliphatic carbocycles. The van der Waals surface area contributed by atoms with Crippen LogP contribution in [-0.2, 0) is 11.3 Å². The number of carbonyl (C=O) groups is 1. The smallest absolute Gasteiger partial charge is 0.337 e. The van der Waals surface area contributed by atoms with E-state index in [1.165, 1.54) is 7.11 Å². The molecule has 0 amide bonds. The van der Waals surface area contributed by atoms with Crippen molar-refractivity contribution < 1.29 is 14.3 Å². The van der Waals surface area contributed by atoms with Crippen LogP contribution in [0.4, 0.5) is 0 Å². The van der Waals surface area contributed by atoms with Crippen LogP contribution in [0.25, 0.3) is 0 Å². The van der Waals surface area contributed by atoms with Crippen molar-refractivity contribution in [3.8, 4) is 5.75 Å². The molecule has 0 unspecified atom stereocenters. The summed E-state index contributed by atoms with van der Waals surface area (Å²) in [7, 11) is 3.43. The molecule has 0 N–H and O–H groups in total. The summed E-state index contributed by atoms with van der Waals surface area (Å²) < 4.78 is 10.3. The molecule has 0 radical (unpaired) electrons. The Hall–Kier alpha value is -1.55. The Balaban J connectivity index is 2.31. The fourth-order valence-electron chi connectivity index (χ4n) is 1.75. The number of rotatable bonds is 1. The second-order valence-electron chi connectivity index (χ2n) is 3.90. The van der Waals surface area contributed by atoms with Gasteiger partial charge in [-0.25, -0.2) is 4.79 Å². The van der Waals surface area contributed by atoms with Crippen molar-refractivity contribution in [3.63, 3.8) is 0 Å². The molecular weight excluding hydrogens is 206 g/mol. The summed E-state index contributed by atoms with van der Waals surface area (Å²) in [6.45, 7) is 2.38. The van der Waals surface area contributed by atoms with Gasteiger partial charge in [-0.3, -0.25) is 4.90 Å². The van der Waals surface area contributed by atoms with E-state index in [4.69, 9.17) is 4.74 Å². The minimum atomic E-state index is -0.330. The minimum absolute atomic E-state index is 0.330. The van der Waals surface area contributed by atoms with Crippen LogP contribution < -0.4 is 4.74 Å². The lowest BCUT2D eigenvalue weighted by Gasteiger charge is -2.11. The van der Waals surface area contributed by atoms with Crippen LogP contribution in [0.3, 0.4) is 0 Å². The largest absolute Gasteiger partial charge is 0.492 e. The second-order valence-corrected chi connectivity index (χ2v) is 3.90. The summed E-state index contributed by atoms with van der Waals surface area (Å²) in [6, 6.07) is 5.44. The van der Waals surface area contributed by atoms with Gasteiger partial charge in [-0.15, -0.1) is 0 Å². The Morgan fingerprint density at radius 1 is 1.50 bits per heavy atom. The van der Waals surface area contributed by atoms with Crippen LogP contribution in [0, 0.1) is 0 Å². The molecular formula is C12H15NO3. The van der Waals surface area contributed by atoms with Crippen LogP contribution >= 0.6 is 0 Å². The van der Waals surface area contributed by atoms with E-state index in [9.17, 15) is 4.79 Å². The Morgan fingerprint density at radius 3 is 3.06 bits per heavy atom. The van der Waals surface area contributed by atoms with Crippen molar-refractivity contribution in [3.05, 3.63) is 29.3 Å². The van der Waals surface area contributed by atoms with Gasteiger partial charge in [0.05, 0.1) is 12.7 Å². The van der Waals surface area contributed by atoms with Crippen molar-refractivity contribution >= 4 is 5.97 Å². The zero-order chi connectivity index (χ0) is 11.5. The van der Waals surface area contributed by atoms with Gasteiger partial charge >= 0.3 is 5.97 Å². The zero-order valence-corrected chi connectivity index (χ0v) is 9.53. The van der Waals surface area contributed by atoms with E-state index in [0.717, 1.165) is 24.4 Å². The number of methoxy groups -OCH3 is 1. The lowest BCUT2D eigenvalue weighted by molar-refractivity contribution is 0.0600. The number of ether oxygens (including phenoxy) is 2. The van der Waals surface area contributed by atoms with Crippen molar-refractivity contribution in [2.24, 2.45) is 0 Å². The number of carbonyl (C=O) groups excluding carboxylic acids is 1. The Labute approximate surface area is 94.8 Å². The molecule has 86 valence electrons. The average Bonchev–Trinajstić information content (AvgIpc) is 2.47. The number of likely N-dealkylation sites (N-methyl/N-ethyl adjacent to an activating group) is 1. The first kappa shape index (κ1) is 11.0. The maximum Gasteiger partial charge on any atom is 0.337 e. The predicted molar refractivity (Wildman–Crippen MR) is 59.6 cm³/mol. The fraction of sp³-hybridized carbons (Fsp3) is 0.417. The van der Waals surface area contributed by atoms with Crippen molar-refractivity contribution in [2.75, 3.05) is 27.3 Å². The van der Waals surface area contributed by atoms with Crippen LogP contribution in [0.1, 0.15) is 15.9 Å². The topological polar surface area (TPSA) is 38.8 Å². The molecule has 1 aromatic rings. The van der Waals surface area contributed by atoms with Gasteiger partial charge < -0.3 is 9.47 Å². The molecule has 0 saturated carbocycles. The van der Waals surface area contributed by atoms with Gasteiger partial charge in [0.1, 0.15) is 12.4 Å². The summed E-state index contributed by atoms with van der Waals surface area (Å²) in [5.41, 5.74) is 1.64. The van der Waals surface area contributed by atoms with Gasteiger partial charge in [0.25, 0.3) is 0 Å². The molecule has 1 aliphatic rings. The molecule has 0 bridgehead atoms. The predicted octanol–water partition coefficient (Wildman–Crippen LogP) is 1.30. The quantitative estimate of drug-likeness (QED) is 0.670. The van der Waals surface area contributed by atoms with Gasteiger partial charge in [0.2, 0.25) is 0 Å². The van der Waals surface area contributed by atoms with Crippen LogP contribution in [0.5, 0.6) is 5.75 Å². The molecule has 4 nitrogen and oxygen atoms in total. The first-order valence-corrected chi connectivity index (χ1v) is 5.23. The van der Waals surface area contributed by atoms with E-state index in [2.05, 4.69) is 9.64 Å². The molecule has 0 fully saturated rings. The molecule has 1 aromatic carbocycles. The molecule has 1 aliphatic heterocycles. The minimum Gasteiger partial charge on any atom is -0.492 e. The number of esters is 1. The highest BCUT2D eigenvalue weighted by molar-refractivity contribution is 5.89. The molecule has 2 rings (SSSR count). The standard InChI is InChI=1S/C12H15NO3/c1-13-5-6-16-11-7-9(12(14)15-2)3-4-10(11)8-13/h3-4,7H,5-6,8H2,1-2H3. The molecule has 0 saturated heterocycles. The number of benzene rings is 1. The van der Waals surface area contributed by atoms with Crippen molar-refractivity contribution in [1.29, 1.82) is 0 Å². The van der Waals surface area contributed by atoms with Crippen molar-refractivity contribution in [1.82, 2.24) is 4.90 Å². The average molecular weight is 221 g/mol. The van der Waals surface area contributed by atoms with Gasteiger partial charge in [0.15, 0.2) is 0 Å². The summed E-state index contributed by atoms with van der Waals surface area (Å²) in [6.07, 6.45) is 0. The van der Waals surface area contributed by atoms with E-state index in [-0.39, 0.29) is 5.97 Å². The van der Waals surface area contributed by atoms with E-state index in [0.29, 0.717) is 12.2 Å². The van der Waals surface area contributed by atoms with E-state index in [1.54, 1.807) is 12.1 Å². The first-order chi connectivity index (χ1) is 7.70. The number of hydrogen-bond acceptors (Lipinski definition) is 4. The van der Waals surface area contributed by atoms with E-state index in [1.807, 2.05) is 13.1 Å². The van der Waals surface area contributed by atoms with E-state index < -0.39 is 0 Å². The third kappa shape index (κ3) is 2.17. The summed E-state index contributed by atoms with van der Waals surface area (Å²) >= 11 is 0. The maximum atomic E-state index is 11.4. The van der Waals surface area contributed by atoms with Crippen molar-refractivity contribution in [2.45, 2.75) is 6.54 Å². The van der Waals surface area contributed by atoms with Crippen LogP contribution in [-0.4, -0.2) is 38.2 Å². The highest BCUT2D eigenvalue weighted by Crippen LogP contribution is 2.24. The normalized spacial score (nSPS) is 15.9. The summed E-state index contributed by atoms with van der Waals surface area (Å²) in [5.74, 6) is 0.455. The third-order valence-electron chi connectivity index (χ3n) is 2.66. The van der Waals surface area contributed by atoms with E-state index >= 15 is 0 Å². The molecule has 0 spiro atoms. The van der Waals surface area contributed by atoms with Gasteiger partial charge in [-0.2, -0.15) is 0 Å².